The molecule has 0 aromatic carbocycles. The average molecular weight is 383 g/mol. The molecule has 3 heterocycles. The summed E-state index contributed by atoms with van der Waals surface area (Å²) < 4.78 is 0. The number of nitrogens with one attached hydrogen (secondary N) is 1. The van der Waals surface area contributed by atoms with E-state index < -0.39 is 35.2 Å². The number of carboxylic acids is 1. The average Bonchev–Trinajstić information content (AvgIpc) is 2.98. The summed E-state index contributed by atoms with van der Waals surface area (Å²) in [5, 5.41) is 15.6. The van der Waals surface area contributed by atoms with Crippen LogP contribution in [0, 0.1) is 4.91 Å². The van der Waals surface area contributed by atoms with Crippen LogP contribution < -0.4 is 11.1 Å². The molecule has 0 aliphatic carbocycles. The molecule has 0 saturated carbocycles. The van der Waals surface area contributed by atoms with E-state index in [1.807, 2.05) is 0 Å². The first-order chi connectivity index (χ1) is 11.8. The van der Waals surface area contributed by atoms with Crippen molar-refractivity contribution in [3.63, 3.8) is 0 Å². The number of aromatic nitrogens is 1. The SMILES string of the molecule is CC1=C(C(=O)O)N2C(=O)[C@@H](NC(=O)C(N=O)c3csc(N)n3)[C@H]2SC1. The van der Waals surface area contributed by atoms with Crippen molar-refractivity contribution in [2.75, 3.05) is 11.5 Å². The van der Waals surface area contributed by atoms with Crippen LogP contribution in [0.25, 0.3) is 0 Å². The maximum Gasteiger partial charge on any atom is 0.352 e. The van der Waals surface area contributed by atoms with Crippen molar-refractivity contribution < 1.29 is 19.5 Å². The van der Waals surface area contributed by atoms with Crippen molar-refractivity contribution in [2.45, 2.75) is 24.4 Å². The number of carbonyl (C=O) groups excluding carboxylic acids is 2. The molecule has 4 N–H and O–H groups in total. The van der Waals surface area contributed by atoms with Crippen LogP contribution in [0.1, 0.15) is 18.7 Å². The van der Waals surface area contributed by atoms with Gasteiger partial charge in [-0.15, -0.1) is 28.0 Å². The number of carboxylic acid groups (broad SMARTS) is 1. The van der Waals surface area contributed by atoms with Gasteiger partial charge in [-0.05, 0) is 17.7 Å². The summed E-state index contributed by atoms with van der Waals surface area (Å²) in [5.41, 5.74) is 6.11. The first-order valence-corrected chi connectivity index (χ1v) is 8.99. The largest absolute Gasteiger partial charge is 0.477 e. The highest BCUT2D eigenvalue weighted by molar-refractivity contribution is 8.00. The van der Waals surface area contributed by atoms with Crippen LogP contribution in [0.3, 0.4) is 0 Å². The van der Waals surface area contributed by atoms with Gasteiger partial charge < -0.3 is 16.2 Å². The molecule has 2 aliphatic heterocycles. The molecule has 1 unspecified atom stereocenters. The summed E-state index contributed by atoms with van der Waals surface area (Å²) in [4.78, 5) is 52.0. The summed E-state index contributed by atoms with van der Waals surface area (Å²) >= 11 is 2.41. The fourth-order valence-electron chi connectivity index (χ4n) is 2.67. The van der Waals surface area contributed by atoms with Crippen molar-refractivity contribution in [1.29, 1.82) is 0 Å². The Balaban J connectivity index is 1.75. The quantitative estimate of drug-likeness (QED) is 0.484. The number of nitrogen functional groups attached to an aromatic ring is 1. The van der Waals surface area contributed by atoms with Crippen LogP contribution in [0.5, 0.6) is 0 Å². The third kappa shape index (κ3) is 2.87. The number of anilines is 1. The minimum Gasteiger partial charge on any atom is -0.477 e. The molecule has 12 heteroatoms. The van der Waals surface area contributed by atoms with Crippen molar-refractivity contribution in [3.8, 4) is 0 Å². The highest BCUT2D eigenvalue weighted by Crippen LogP contribution is 2.40. The summed E-state index contributed by atoms with van der Waals surface area (Å²) in [7, 11) is 0. The van der Waals surface area contributed by atoms with Crippen LogP contribution in [-0.2, 0) is 14.4 Å². The molecule has 132 valence electrons. The lowest BCUT2D eigenvalue weighted by Crippen LogP contribution is -2.70. The zero-order valence-electron chi connectivity index (χ0n) is 12.8. The van der Waals surface area contributed by atoms with Gasteiger partial charge in [-0.2, -0.15) is 0 Å². The third-order valence-corrected chi connectivity index (χ3v) is 5.95. The number of thioether (sulfide) groups is 1. The standard InChI is InChI=1S/C13H13N5O5S2/c1-4-2-24-11-7(10(20)18(11)8(4)12(21)22)16-9(19)6(17-23)5-3-25-13(14)15-5/h3,6-7,11H,2H2,1H3,(H2,14,15)(H,16,19)(H,21,22)/t6?,7-,11-/m1/s1. The maximum absolute atomic E-state index is 12.3. The number of fused-ring (bicyclic) bond motifs is 1. The van der Waals surface area contributed by atoms with Gasteiger partial charge >= 0.3 is 5.97 Å². The van der Waals surface area contributed by atoms with Gasteiger partial charge in [0.25, 0.3) is 11.8 Å². The first-order valence-electron chi connectivity index (χ1n) is 7.06. The number of aliphatic carboxylic acids is 1. The molecule has 1 saturated heterocycles. The molecule has 3 atom stereocenters. The molecule has 0 radical (unpaired) electrons. The highest BCUT2D eigenvalue weighted by atomic mass is 32.2. The lowest BCUT2D eigenvalue weighted by molar-refractivity contribution is -0.150. The Morgan fingerprint density at radius 1 is 1.56 bits per heavy atom. The zero-order chi connectivity index (χ0) is 18.3. The van der Waals surface area contributed by atoms with Crippen molar-refractivity contribution in [2.24, 2.45) is 5.18 Å². The van der Waals surface area contributed by atoms with Crippen molar-refractivity contribution in [3.05, 3.63) is 27.3 Å². The number of carbonyl (C=O) groups is 3. The van der Waals surface area contributed by atoms with Gasteiger partial charge in [0.05, 0.1) is 5.69 Å². The number of hydrogen-bond acceptors (Lipinski definition) is 9. The second kappa shape index (κ2) is 6.44. The number of nitroso groups, excluding NO2 is 1. The van der Waals surface area contributed by atoms with Gasteiger partial charge in [0.2, 0.25) is 6.04 Å². The second-order valence-corrected chi connectivity index (χ2v) is 7.44. The Bertz CT molecular complexity index is 806. The molecule has 1 fully saturated rings. The number of amides is 2. The molecule has 0 bridgehead atoms. The van der Waals surface area contributed by atoms with E-state index in [0.717, 1.165) is 16.2 Å². The fraction of sp³-hybridized carbons (Fsp3) is 0.385. The highest BCUT2D eigenvalue weighted by Gasteiger charge is 2.54. The van der Waals surface area contributed by atoms with Crippen LogP contribution in [-0.4, -0.2) is 49.9 Å². The van der Waals surface area contributed by atoms with Gasteiger partial charge in [-0.1, -0.05) is 0 Å². The molecule has 3 rings (SSSR count). The van der Waals surface area contributed by atoms with Gasteiger partial charge in [0.15, 0.2) is 5.13 Å². The normalized spacial score (nSPS) is 23.6. The van der Waals surface area contributed by atoms with Crippen LogP contribution >= 0.6 is 23.1 Å². The van der Waals surface area contributed by atoms with E-state index in [4.69, 9.17) is 5.73 Å². The molecule has 1 aromatic rings. The van der Waals surface area contributed by atoms with Gasteiger partial charge in [-0.25, -0.2) is 9.78 Å². The number of hydrogen-bond donors (Lipinski definition) is 3. The topological polar surface area (TPSA) is 155 Å². The predicted molar refractivity (Wildman–Crippen MR) is 90.4 cm³/mol. The molecule has 0 spiro atoms. The number of β-lactam (4-membered cyclic amide) rings is 1. The van der Waals surface area contributed by atoms with Gasteiger partial charge in [0.1, 0.15) is 17.1 Å². The van der Waals surface area contributed by atoms with Crippen LogP contribution in [0.15, 0.2) is 21.8 Å². The zero-order valence-corrected chi connectivity index (χ0v) is 14.5. The molecular weight excluding hydrogens is 370 g/mol. The maximum atomic E-state index is 12.3. The van der Waals surface area contributed by atoms with E-state index in [1.165, 1.54) is 17.1 Å². The summed E-state index contributed by atoms with van der Waals surface area (Å²) in [6.45, 7) is 1.64. The second-order valence-electron chi connectivity index (χ2n) is 5.45. The minimum absolute atomic E-state index is 0.0587. The summed E-state index contributed by atoms with van der Waals surface area (Å²) in [5.74, 6) is -2.07. The van der Waals surface area contributed by atoms with E-state index in [-0.39, 0.29) is 16.5 Å². The van der Waals surface area contributed by atoms with Gasteiger partial charge in [0, 0.05) is 11.1 Å². The number of rotatable bonds is 5. The van der Waals surface area contributed by atoms with E-state index in [9.17, 15) is 24.4 Å². The van der Waals surface area contributed by atoms with E-state index in [2.05, 4.69) is 15.5 Å². The number of thiazole rings is 1. The minimum atomic E-state index is -1.42. The Morgan fingerprint density at radius 3 is 2.84 bits per heavy atom. The Morgan fingerprint density at radius 2 is 2.28 bits per heavy atom. The van der Waals surface area contributed by atoms with Crippen LogP contribution in [0.4, 0.5) is 5.13 Å². The smallest absolute Gasteiger partial charge is 0.352 e. The first kappa shape index (κ1) is 17.4. The van der Waals surface area contributed by atoms with E-state index >= 15 is 0 Å². The van der Waals surface area contributed by atoms with E-state index in [0.29, 0.717) is 11.3 Å². The summed E-state index contributed by atoms with van der Waals surface area (Å²) in [6.07, 6.45) is 0. The Labute approximate surface area is 149 Å². The molecule has 1 aromatic heterocycles. The number of nitrogens with zero attached hydrogens (tertiary/aromatic N) is 3. The Hall–Kier alpha value is -2.47. The fourth-order valence-corrected chi connectivity index (χ4v) is 4.54. The molecular formula is C13H13N5O5S2. The molecule has 2 aliphatic rings. The predicted octanol–water partition coefficient (Wildman–Crippen LogP) is 0.291. The Kier molecular flexibility index (Phi) is 4.47. The molecule has 2 amide bonds. The van der Waals surface area contributed by atoms with Gasteiger partial charge in [-0.3, -0.25) is 14.5 Å². The lowest BCUT2D eigenvalue weighted by atomic mass is 10.0. The van der Waals surface area contributed by atoms with E-state index in [1.54, 1.807) is 6.92 Å². The number of nitrogens with two attached hydrogens (primary N) is 1. The summed E-state index contributed by atoms with van der Waals surface area (Å²) in [6, 6.07) is -2.33. The molecule has 10 nitrogen and oxygen atoms in total. The molecule has 25 heavy (non-hydrogen) atoms. The lowest BCUT2D eigenvalue weighted by Gasteiger charge is -2.49. The third-order valence-electron chi connectivity index (χ3n) is 3.83. The monoisotopic (exact) mass is 383 g/mol. The van der Waals surface area contributed by atoms with Crippen molar-refractivity contribution in [1.82, 2.24) is 15.2 Å². The van der Waals surface area contributed by atoms with Crippen LogP contribution in [0.2, 0.25) is 0 Å². The van der Waals surface area contributed by atoms with Crippen molar-refractivity contribution >= 4 is 46.0 Å².